The minimum atomic E-state index is 0.932. The van der Waals surface area contributed by atoms with E-state index in [-0.39, 0.29) is 0 Å². The van der Waals surface area contributed by atoms with Crippen LogP contribution in [-0.2, 0) is 13.5 Å². The van der Waals surface area contributed by atoms with Gasteiger partial charge in [-0.25, -0.2) is 4.98 Å². The van der Waals surface area contributed by atoms with Gasteiger partial charge in [-0.1, -0.05) is 6.07 Å². The lowest BCUT2D eigenvalue weighted by Crippen LogP contribution is -2.08. The summed E-state index contributed by atoms with van der Waals surface area (Å²) in [6, 6.07) is 4.24. The van der Waals surface area contributed by atoms with Crippen LogP contribution in [0.25, 0.3) is 0 Å². The van der Waals surface area contributed by atoms with Crippen molar-refractivity contribution in [3.05, 3.63) is 34.8 Å². The lowest BCUT2D eigenvalue weighted by molar-refractivity contribution is 0.893. The highest BCUT2D eigenvalue weighted by molar-refractivity contribution is 7.09. The van der Waals surface area contributed by atoms with E-state index in [1.54, 1.807) is 17.5 Å². The summed E-state index contributed by atoms with van der Waals surface area (Å²) in [5.74, 6) is 0.932. The normalized spacial score (nSPS) is 10.4. The highest BCUT2D eigenvalue weighted by Crippen LogP contribution is 2.09. The number of anilines is 1. The van der Waals surface area contributed by atoms with Crippen molar-refractivity contribution in [2.75, 3.05) is 11.9 Å². The van der Waals surface area contributed by atoms with Crippen LogP contribution in [0.1, 0.15) is 4.88 Å². The second-order valence-electron chi connectivity index (χ2n) is 3.12. The molecule has 0 atom stereocenters. The molecule has 0 aliphatic heterocycles. The van der Waals surface area contributed by atoms with Crippen LogP contribution in [0.15, 0.2) is 29.9 Å². The van der Waals surface area contributed by atoms with E-state index in [1.807, 2.05) is 17.8 Å². The number of imidazole rings is 1. The lowest BCUT2D eigenvalue weighted by atomic mass is 10.3. The van der Waals surface area contributed by atoms with E-state index >= 15 is 0 Å². The molecular formula is C10H13N3S. The van der Waals surface area contributed by atoms with E-state index in [2.05, 4.69) is 27.8 Å². The molecule has 4 heteroatoms. The molecule has 0 saturated heterocycles. The Bertz CT molecular complexity index is 378. The summed E-state index contributed by atoms with van der Waals surface area (Å²) in [7, 11) is 1.99. The van der Waals surface area contributed by atoms with Gasteiger partial charge in [-0.3, -0.25) is 0 Å². The molecule has 0 spiro atoms. The van der Waals surface area contributed by atoms with Gasteiger partial charge in [-0.2, -0.15) is 0 Å². The summed E-state index contributed by atoms with van der Waals surface area (Å²) in [5.41, 5.74) is 0. The number of hydrogen-bond acceptors (Lipinski definition) is 3. The summed E-state index contributed by atoms with van der Waals surface area (Å²) in [6.07, 6.45) is 4.80. The minimum absolute atomic E-state index is 0.932. The first-order chi connectivity index (χ1) is 6.86. The largest absolute Gasteiger partial charge is 0.355 e. The van der Waals surface area contributed by atoms with E-state index in [4.69, 9.17) is 0 Å². The van der Waals surface area contributed by atoms with Crippen LogP contribution in [0, 0.1) is 0 Å². The van der Waals surface area contributed by atoms with Gasteiger partial charge in [-0.05, 0) is 17.9 Å². The van der Waals surface area contributed by atoms with Crippen molar-refractivity contribution in [3.63, 3.8) is 0 Å². The van der Waals surface area contributed by atoms with Crippen LogP contribution in [0.4, 0.5) is 5.95 Å². The van der Waals surface area contributed by atoms with Gasteiger partial charge in [0, 0.05) is 30.9 Å². The third-order valence-corrected chi connectivity index (χ3v) is 2.99. The highest BCUT2D eigenvalue weighted by atomic mass is 32.1. The Labute approximate surface area is 87.4 Å². The van der Waals surface area contributed by atoms with Crippen LogP contribution < -0.4 is 5.32 Å². The molecule has 14 heavy (non-hydrogen) atoms. The smallest absolute Gasteiger partial charge is 0.202 e. The Hall–Kier alpha value is -1.29. The molecular weight excluding hydrogens is 194 g/mol. The van der Waals surface area contributed by atoms with E-state index in [1.165, 1.54) is 4.88 Å². The highest BCUT2D eigenvalue weighted by Gasteiger charge is 1.97. The Kier molecular flexibility index (Phi) is 2.84. The SMILES string of the molecule is Cn1ccnc1NCCc1cccs1. The zero-order valence-electron chi connectivity index (χ0n) is 8.10. The van der Waals surface area contributed by atoms with Crippen molar-refractivity contribution < 1.29 is 0 Å². The standard InChI is InChI=1S/C10H13N3S/c1-13-7-6-12-10(13)11-5-4-9-3-2-8-14-9/h2-3,6-8H,4-5H2,1H3,(H,11,12). The molecule has 0 saturated carbocycles. The maximum Gasteiger partial charge on any atom is 0.202 e. The molecule has 2 heterocycles. The molecule has 0 radical (unpaired) electrons. The molecule has 0 aromatic carbocycles. The molecule has 2 aromatic heterocycles. The Balaban J connectivity index is 1.81. The third-order valence-electron chi connectivity index (χ3n) is 2.06. The van der Waals surface area contributed by atoms with Crippen molar-refractivity contribution in [3.8, 4) is 0 Å². The molecule has 0 unspecified atom stereocenters. The average Bonchev–Trinajstić information content (AvgIpc) is 2.78. The van der Waals surface area contributed by atoms with Crippen LogP contribution in [0.5, 0.6) is 0 Å². The maximum absolute atomic E-state index is 4.19. The van der Waals surface area contributed by atoms with E-state index in [9.17, 15) is 0 Å². The first-order valence-corrected chi connectivity index (χ1v) is 5.48. The summed E-state index contributed by atoms with van der Waals surface area (Å²) < 4.78 is 1.98. The number of aryl methyl sites for hydroxylation is 1. The molecule has 0 amide bonds. The Morgan fingerprint density at radius 3 is 3.14 bits per heavy atom. The number of nitrogens with one attached hydrogen (secondary N) is 1. The van der Waals surface area contributed by atoms with E-state index in [0.717, 1.165) is 18.9 Å². The van der Waals surface area contributed by atoms with Crippen molar-refractivity contribution in [2.45, 2.75) is 6.42 Å². The Morgan fingerprint density at radius 2 is 2.50 bits per heavy atom. The summed E-state index contributed by atoms with van der Waals surface area (Å²) in [5, 5.41) is 5.40. The second kappa shape index (κ2) is 4.28. The van der Waals surface area contributed by atoms with Gasteiger partial charge in [0.25, 0.3) is 0 Å². The monoisotopic (exact) mass is 207 g/mol. The maximum atomic E-state index is 4.19. The minimum Gasteiger partial charge on any atom is -0.355 e. The quantitative estimate of drug-likeness (QED) is 0.832. The van der Waals surface area contributed by atoms with Crippen LogP contribution in [0.3, 0.4) is 0 Å². The molecule has 0 bridgehead atoms. The summed E-state index contributed by atoms with van der Waals surface area (Å²) >= 11 is 1.80. The van der Waals surface area contributed by atoms with Gasteiger partial charge < -0.3 is 9.88 Å². The molecule has 2 aromatic rings. The number of rotatable bonds is 4. The fraction of sp³-hybridized carbons (Fsp3) is 0.300. The number of aromatic nitrogens is 2. The number of hydrogen-bond donors (Lipinski definition) is 1. The third kappa shape index (κ3) is 2.14. The van der Waals surface area contributed by atoms with Crippen LogP contribution in [-0.4, -0.2) is 16.1 Å². The van der Waals surface area contributed by atoms with Crippen LogP contribution >= 0.6 is 11.3 Å². The van der Waals surface area contributed by atoms with Gasteiger partial charge in [0.1, 0.15) is 0 Å². The van der Waals surface area contributed by atoms with Crippen molar-refractivity contribution in [1.82, 2.24) is 9.55 Å². The molecule has 1 N–H and O–H groups in total. The van der Waals surface area contributed by atoms with Crippen molar-refractivity contribution in [2.24, 2.45) is 7.05 Å². The fourth-order valence-electron chi connectivity index (χ4n) is 1.29. The molecule has 3 nitrogen and oxygen atoms in total. The fourth-order valence-corrected chi connectivity index (χ4v) is 2.00. The molecule has 2 rings (SSSR count). The van der Waals surface area contributed by atoms with Gasteiger partial charge in [-0.15, -0.1) is 11.3 Å². The predicted molar refractivity (Wildman–Crippen MR) is 59.7 cm³/mol. The number of nitrogens with zero attached hydrogens (tertiary/aromatic N) is 2. The van der Waals surface area contributed by atoms with E-state index in [0.29, 0.717) is 0 Å². The number of thiophene rings is 1. The van der Waals surface area contributed by atoms with Crippen molar-refractivity contribution >= 4 is 17.3 Å². The molecule has 0 fully saturated rings. The zero-order chi connectivity index (χ0) is 9.80. The lowest BCUT2D eigenvalue weighted by Gasteiger charge is -2.04. The molecule has 0 aliphatic carbocycles. The van der Waals surface area contributed by atoms with Gasteiger partial charge in [0.15, 0.2) is 0 Å². The van der Waals surface area contributed by atoms with Crippen molar-refractivity contribution in [1.29, 1.82) is 0 Å². The van der Waals surface area contributed by atoms with Crippen LogP contribution in [0.2, 0.25) is 0 Å². The predicted octanol–water partition coefficient (Wildman–Crippen LogP) is 2.14. The van der Waals surface area contributed by atoms with Gasteiger partial charge in [0.2, 0.25) is 5.95 Å². The second-order valence-corrected chi connectivity index (χ2v) is 4.15. The molecule has 74 valence electrons. The first-order valence-electron chi connectivity index (χ1n) is 4.60. The van der Waals surface area contributed by atoms with E-state index < -0.39 is 0 Å². The topological polar surface area (TPSA) is 29.9 Å². The first kappa shape index (κ1) is 9.27. The zero-order valence-corrected chi connectivity index (χ0v) is 8.92. The van der Waals surface area contributed by atoms with Gasteiger partial charge in [0.05, 0.1) is 0 Å². The summed E-state index contributed by atoms with van der Waals surface area (Å²) in [4.78, 5) is 5.60. The van der Waals surface area contributed by atoms with Gasteiger partial charge >= 0.3 is 0 Å². The Morgan fingerprint density at radius 1 is 1.57 bits per heavy atom. The average molecular weight is 207 g/mol. The molecule has 0 aliphatic rings. The summed E-state index contributed by atoms with van der Waals surface area (Å²) in [6.45, 7) is 0.936.